The summed E-state index contributed by atoms with van der Waals surface area (Å²) in [7, 11) is 0. The molecule has 110 valence electrons. The van der Waals surface area contributed by atoms with Crippen molar-refractivity contribution < 1.29 is 4.79 Å². The van der Waals surface area contributed by atoms with E-state index in [4.69, 9.17) is 0 Å². The van der Waals surface area contributed by atoms with Crippen LogP contribution in [0, 0.1) is 21.8 Å². The predicted molar refractivity (Wildman–Crippen MR) is 92.0 cm³/mol. The third-order valence-corrected chi connectivity index (χ3v) is 5.86. The van der Waals surface area contributed by atoms with E-state index in [-0.39, 0.29) is 5.91 Å². The number of hydrogen-bond donors (Lipinski definition) is 0. The van der Waals surface area contributed by atoms with Crippen LogP contribution in [0.3, 0.4) is 0 Å². The van der Waals surface area contributed by atoms with Gasteiger partial charge in [0.05, 0.1) is 5.56 Å². The summed E-state index contributed by atoms with van der Waals surface area (Å²) in [5.74, 6) is 0.925. The number of nitrogens with zero attached hydrogens (tertiary/aromatic N) is 1. The number of piperidine rings is 1. The van der Waals surface area contributed by atoms with Crippen molar-refractivity contribution in [3.8, 4) is 0 Å². The number of likely N-dealkylation sites (tertiary alicyclic amines) is 1. The maximum Gasteiger partial charge on any atom is 0.254 e. The zero-order valence-corrected chi connectivity index (χ0v) is 15.0. The molecule has 1 amide bonds. The summed E-state index contributed by atoms with van der Waals surface area (Å²) in [6, 6.07) is 5.99. The molecule has 1 aromatic carbocycles. The lowest BCUT2D eigenvalue weighted by molar-refractivity contribution is 0.0607. The highest BCUT2D eigenvalue weighted by Crippen LogP contribution is 2.34. The van der Waals surface area contributed by atoms with E-state index >= 15 is 0 Å². The molecule has 0 aliphatic carbocycles. The maximum atomic E-state index is 12.7. The summed E-state index contributed by atoms with van der Waals surface area (Å²) in [5, 5.41) is 0. The second kappa shape index (κ2) is 6.04. The molecule has 2 rings (SSSR count). The third-order valence-electron chi connectivity index (χ3n) is 4.43. The minimum atomic E-state index is 0.199. The fourth-order valence-corrected chi connectivity index (χ4v) is 3.52. The van der Waals surface area contributed by atoms with E-state index in [1.165, 1.54) is 5.56 Å². The third kappa shape index (κ3) is 3.35. The van der Waals surface area contributed by atoms with Gasteiger partial charge in [-0.25, -0.2) is 0 Å². The zero-order chi connectivity index (χ0) is 14.9. The molecule has 0 bridgehead atoms. The fourth-order valence-electron chi connectivity index (χ4n) is 2.93. The van der Waals surface area contributed by atoms with Gasteiger partial charge in [-0.05, 0) is 65.3 Å². The quantitative estimate of drug-likeness (QED) is 0.652. The van der Waals surface area contributed by atoms with E-state index in [1.807, 2.05) is 17.0 Å². The van der Waals surface area contributed by atoms with E-state index in [0.29, 0.717) is 5.41 Å². The average molecular weight is 385 g/mol. The monoisotopic (exact) mass is 385 g/mol. The van der Waals surface area contributed by atoms with E-state index in [2.05, 4.69) is 56.4 Å². The molecule has 1 saturated heterocycles. The Bertz CT molecular complexity index is 496. The highest BCUT2D eigenvalue weighted by molar-refractivity contribution is 14.1. The molecule has 0 atom stereocenters. The number of benzene rings is 1. The van der Waals surface area contributed by atoms with Crippen LogP contribution in [0.4, 0.5) is 0 Å². The lowest BCUT2D eigenvalue weighted by atomic mass is 9.75. The molecule has 3 heteroatoms. The highest BCUT2D eigenvalue weighted by atomic mass is 127. The summed E-state index contributed by atoms with van der Waals surface area (Å²) in [6.45, 7) is 10.8. The number of amides is 1. The standard InChI is InChI=1S/C17H24INO/c1-12-6-5-7-14(15(12)18)16(20)19-10-8-13(9-11-19)17(2,3)4/h5-7,13H,8-11H2,1-4H3. The molecule has 20 heavy (non-hydrogen) atoms. The van der Waals surface area contributed by atoms with Crippen molar-refractivity contribution in [1.29, 1.82) is 0 Å². The summed E-state index contributed by atoms with van der Waals surface area (Å²) >= 11 is 2.29. The average Bonchev–Trinajstić information content (AvgIpc) is 2.40. The number of rotatable bonds is 1. The summed E-state index contributed by atoms with van der Waals surface area (Å²) in [5.41, 5.74) is 2.40. The SMILES string of the molecule is Cc1cccc(C(=O)N2CCC(C(C)(C)C)CC2)c1I. The Hall–Kier alpha value is -0.580. The Kier molecular flexibility index (Phi) is 4.77. The minimum absolute atomic E-state index is 0.199. The van der Waals surface area contributed by atoms with E-state index in [9.17, 15) is 4.79 Å². The Morgan fingerprint density at radius 3 is 2.40 bits per heavy atom. The Morgan fingerprint density at radius 1 is 1.25 bits per heavy atom. The van der Waals surface area contributed by atoms with E-state index in [1.54, 1.807) is 0 Å². The molecular weight excluding hydrogens is 361 g/mol. The van der Waals surface area contributed by atoms with Gasteiger partial charge < -0.3 is 4.90 Å². The lowest BCUT2D eigenvalue weighted by Crippen LogP contribution is -2.41. The van der Waals surface area contributed by atoms with Crippen LogP contribution in [-0.2, 0) is 0 Å². The summed E-state index contributed by atoms with van der Waals surface area (Å²) in [6.07, 6.45) is 2.25. The first-order valence-electron chi connectivity index (χ1n) is 7.35. The van der Waals surface area contributed by atoms with Crippen molar-refractivity contribution in [2.45, 2.75) is 40.5 Å². The van der Waals surface area contributed by atoms with Crippen molar-refractivity contribution in [2.24, 2.45) is 11.3 Å². The Morgan fingerprint density at radius 2 is 1.85 bits per heavy atom. The van der Waals surface area contributed by atoms with Gasteiger partial charge in [0.25, 0.3) is 5.91 Å². The molecule has 2 nitrogen and oxygen atoms in total. The fraction of sp³-hybridized carbons (Fsp3) is 0.588. The lowest BCUT2D eigenvalue weighted by Gasteiger charge is -2.38. The number of carbonyl (C=O) groups is 1. The van der Waals surface area contributed by atoms with Crippen LogP contribution in [0.15, 0.2) is 18.2 Å². The van der Waals surface area contributed by atoms with Crippen LogP contribution in [0.25, 0.3) is 0 Å². The predicted octanol–water partition coefficient (Wildman–Crippen LogP) is 4.50. The highest BCUT2D eigenvalue weighted by Gasteiger charge is 2.31. The molecule has 1 fully saturated rings. The van der Waals surface area contributed by atoms with Gasteiger partial charge in [-0.2, -0.15) is 0 Å². The number of hydrogen-bond acceptors (Lipinski definition) is 1. The summed E-state index contributed by atoms with van der Waals surface area (Å²) in [4.78, 5) is 14.7. The molecule has 1 heterocycles. The zero-order valence-electron chi connectivity index (χ0n) is 12.9. The maximum absolute atomic E-state index is 12.7. The van der Waals surface area contributed by atoms with Crippen molar-refractivity contribution in [3.63, 3.8) is 0 Å². The van der Waals surface area contributed by atoms with Gasteiger partial charge in [0.2, 0.25) is 0 Å². The van der Waals surface area contributed by atoms with Crippen LogP contribution in [0.2, 0.25) is 0 Å². The van der Waals surface area contributed by atoms with Gasteiger partial charge in [0, 0.05) is 16.7 Å². The Labute approximate surface area is 136 Å². The van der Waals surface area contributed by atoms with Crippen molar-refractivity contribution in [1.82, 2.24) is 4.90 Å². The topological polar surface area (TPSA) is 20.3 Å². The number of carbonyl (C=O) groups excluding carboxylic acids is 1. The van der Waals surface area contributed by atoms with Crippen molar-refractivity contribution >= 4 is 28.5 Å². The first-order chi connectivity index (χ1) is 9.30. The van der Waals surface area contributed by atoms with Crippen molar-refractivity contribution in [2.75, 3.05) is 13.1 Å². The number of aryl methyl sites for hydroxylation is 1. The van der Waals surface area contributed by atoms with Gasteiger partial charge in [-0.15, -0.1) is 0 Å². The van der Waals surface area contributed by atoms with Crippen LogP contribution in [-0.4, -0.2) is 23.9 Å². The molecule has 0 unspecified atom stereocenters. The normalized spacial score (nSPS) is 17.4. The van der Waals surface area contributed by atoms with Crippen LogP contribution in [0.5, 0.6) is 0 Å². The first-order valence-corrected chi connectivity index (χ1v) is 8.43. The molecular formula is C17H24INO. The molecule has 0 spiro atoms. The first kappa shape index (κ1) is 15.8. The van der Waals surface area contributed by atoms with E-state index in [0.717, 1.165) is 41.0 Å². The van der Waals surface area contributed by atoms with E-state index < -0.39 is 0 Å². The molecule has 0 aromatic heterocycles. The molecule has 1 aliphatic rings. The van der Waals surface area contributed by atoms with Gasteiger partial charge in [0.1, 0.15) is 0 Å². The molecule has 1 aromatic rings. The minimum Gasteiger partial charge on any atom is -0.339 e. The molecule has 0 radical (unpaired) electrons. The molecule has 0 N–H and O–H groups in total. The smallest absolute Gasteiger partial charge is 0.254 e. The Balaban J connectivity index is 2.07. The van der Waals surface area contributed by atoms with Crippen LogP contribution in [0.1, 0.15) is 49.5 Å². The second-order valence-electron chi connectivity index (χ2n) is 6.87. The largest absolute Gasteiger partial charge is 0.339 e. The second-order valence-corrected chi connectivity index (χ2v) is 7.95. The molecule has 0 saturated carbocycles. The number of halogens is 1. The van der Waals surface area contributed by atoms with Gasteiger partial charge in [-0.1, -0.05) is 32.9 Å². The summed E-state index contributed by atoms with van der Waals surface area (Å²) < 4.78 is 1.09. The van der Waals surface area contributed by atoms with Gasteiger partial charge >= 0.3 is 0 Å². The van der Waals surface area contributed by atoms with Crippen LogP contribution >= 0.6 is 22.6 Å². The van der Waals surface area contributed by atoms with Crippen molar-refractivity contribution in [3.05, 3.63) is 32.9 Å². The van der Waals surface area contributed by atoms with Gasteiger partial charge in [-0.3, -0.25) is 4.79 Å². The van der Waals surface area contributed by atoms with Crippen LogP contribution < -0.4 is 0 Å². The molecule has 1 aliphatic heterocycles. The van der Waals surface area contributed by atoms with Gasteiger partial charge in [0.15, 0.2) is 0 Å².